The van der Waals surface area contributed by atoms with Crippen LogP contribution >= 0.6 is 0 Å². The van der Waals surface area contributed by atoms with E-state index in [9.17, 15) is 0 Å². The van der Waals surface area contributed by atoms with Crippen molar-refractivity contribution >= 4 is 0 Å². The molecule has 3 heteroatoms. The second kappa shape index (κ2) is 8.21. The third kappa shape index (κ3) is 4.94. The molecule has 0 saturated carbocycles. The normalized spacial score (nSPS) is 12.0. The minimum atomic E-state index is -0.527. The molecule has 0 amide bonds. The summed E-state index contributed by atoms with van der Waals surface area (Å²) < 4.78 is 5.44. The van der Waals surface area contributed by atoms with Crippen molar-refractivity contribution in [3.05, 3.63) is 0 Å². The Hall–Kier alpha value is -0.120. The van der Waals surface area contributed by atoms with Gasteiger partial charge in [-0.2, -0.15) is 0 Å². The highest BCUT2D eigenvalue weighted by Gasteiger charge is 2.30. The molecule has 0 spiro atoms. The van der Waals surface area contributed by atoms with Gasteiger partial charge in [0.15, 0.2) is 0 Å². The molecule has 0 radical (unpaired) electrons. The molecule has 0 aromatic carbocycles. The van der Waals surface area contributed by atoms with Crippen molar-refractivity contribution in [1.29, 1.82) is 0 Å². The van der Waals surface area contributed by atoms with Crippen LogP contribution in [-0.4, -0.2) is 20.0 Å². The van der Waals surface area contributed by atoms with Crippen LogP contribution in [0.4, 0.5) is 0 Å². The summed E-state index contributed by atoms with van der Waals surface area (Å²) in [6.07, 6.45) is 6.28. The summed E-state index contributed by atoms with van der Waals surface area (Å²) in [5, 5.41) is 0. The zero-order valence-electron chi connectivity index (χ0n) is 9.97. The molecular formula is C11H24O3. The van der Waals surface area contributed by atoms with Gasteiger partial charge in [-0.15, -0.1) is 0 Å². The predicted octanol–water partition coefficient (Wildman–Crippen LogP) is 3.29. The van der Waals surface area contributed by atoms with Crippen LogP contribution in [0, 0.1) is 0 Å². The smallest absolute Gasteiger partial charge is 0.201 e. The standard InChI is InChI=1S/C11H24O3/c1-5-7-9-11(12-3,14-13-4)10-8-6-2/h5-10H2,1-4H3. The van der Waals surface area contributed by atoms with Crippen LogP contribution in [0.1, 0.15) is 52.4 Å². The van der Waals surface area contributed by atoms with Gasteiger partial charge in [0, 0.05) is 20.0 Å². The summed E-state index contributed by atoms with van der Waals surface area (Å²) in [4.78, 5) is 10.0. The van der Waals surface area contributed by atoms with Crippen LogP contribution in [0.3, 0.4) is 0 Å². The summed E-state index contributed by atoms with van der Waals surface area (Å²) in [6.45, 7) is 4.32. The summed E-state index contributed by atoms with van der Waals surface area (Å²) in [5.41, 5.74) is 0. The van der Waals surface area contributed by atoms with E-state index in [1.54, 1.807) is 7.11 Å². The Bertz CT molecular complexity index is 118. The monoisotopic (exact) mass is 204 g/mol. The topological polar surface area (TPSA) is 27.7 Å². The van der Waals surface area contributed by atoms with E-state index in [0.29, 0.717) is 0 Å². The first kappa shape index (κ1) is 13.9. The van der Waals surface area contributed by atoms with Gasteiger partial charge in [-0.3, -0.25) is 0 Å². The number of ether oxygens (including phenoxy) is 1. The fourth-order valence-electron chi connectivity index (χ4n) is 1.49. The van der Waals surface area contributed by atoms with E-state index in [1.807, 2.05) is 0 Å². The SMILES string of the molecule is CCCCC(CCCC)(OC)OOC. The van der Waals surface area contributed by atoms with E-state index in [2.05, 4.69) is 13.8 Å². The van der Waals surface area contributed by atoms with Crippen LogP contribution in [-0.2, 0) is 14.5 Å². The number of rotatable bonds is 9. The molecule has 0 aliphatic heterocycles. The van der Waals surface area contributed by atoms with E-state index < -0.39 is 5.79 Å². The molecule has 0 aromatic rings. The predicted molar refractivity (Wildman–Crippen MR) is 56.9 cm³/mol. The summed E-state index contributed by atoms with van der Waals surface area (Å²) in [5.74, 6) is -0.527. The van der Waals surface area contributed by atoms with Crippen molar-refractivity contribution in [3.63, 3.8) is 0 Å². The maximum Gasteiger partial charge on any atom is 0.201 e. The number of hydrogen-bond donors (Lipinski definition) is 0. The molecule has 0 aliphatic rings. The van der Waals surface area contributed by atoms with Crippen molar-refractivity contribution < 1.29 is 14.5 Å². The molecule has 0 rings (SSSR count). The Kier molecular flexibility index (Phi) is 8.14. The minimum absolute atomic E-state index is 0.527. The van der Waals surface area contributed by atoms with Gasteiger partial charge in [0.1, 0.15) is 0 Å². The van der Waals surface area contributed by atoms with Gasteiger partial charge < -0.3 is 4.74 Å². The van der Waals surface area contributed by atoms with Crippen LogP contribution in [0.25, 0.3) is 0 Å². The molecule has 0 heterocycles. The second-order valence-corrected chi connectivity index (χ2v) is 3.57. The molecule has 3 nitrogen and oxygen atoms in total. The van der Waals surface area contributed by atoms with Gasteiger partial charge >= 0.3 is 0 Å². The van der Waals surface area contributed by atoms with Gasteiger partial charge in [0.05, 0.1) is 7.11 Å². The average molecular weight is 204 g/mol. The van der Waals surface area contributed by atoms with Crippen molar-refractivity contribution in [2.75, 3.05) is 14.2 Å². The first-order chi connectivity index (χ1) is 6.74. The fourth-order valence-corrected chi connectivity index (χ4v) is 1.49. The third-order valence-corrected chi connectivity index (χ3v) is 2.43. The van der Waals surface area contributed by atoms with E-state index in [0.717, 1.165) is 38.5 Å². The van der Waals surface area contributed by atoms with Crippen molar-refractivity contribution in [2.24, 2.45) is 0 Å². The molecule has 0 saturated heterocycles. The Morgan fingerprint density at radius 2 is 1.43 bits per heavy atom. The summed E-state index contributed by atoms with van der Waals surface area (Å²) in [6, 6.07) is 0. The van der Waals surface area contributed by atoms with Crippen molar-refractivity contribution in [1.82, 2.24) is 0 Å². The molecule has 0 fully saturated rings. The Labute approximate surface area is 87.7 Å². The molecular weight excluding hydrogens is 180 g/mol. The van der Waals surface area contributed by atoms with Gasteiger partial charge in [-0.1, -0.05) is 26.7 Å². The number of unbranched alkanes of at least 4 members (excludes halogenated alkanes) is 2. The lowest BCUT2D eigenvalue weighted by atomic mass is 10.0. The van der Waals surface area contributed by atoms with Gasteiger partial charge in [0.25, 0.3) is 0 Å². The minimum Gasteiger partial charge on any atom is -0.351 e. The number of methoxy groups -OCH3 is 1. The lowest BCUT2D eigenvalue weighted by molar-refractivity contribution is -0.417. The number of hydrogen-bond acceptors (Lipinski definition) is 3. The highest BCUT2D eigenvalue weighted by Crippen LogP contribution is 2.26. The lowest BCUT2D eigenvalue weighted by Gasteiger charge is -2.30. The van der Waals surface area contributed by atoms with Gasteiger partial charge in [0.2, 0.25) is 5.79 Å². The first-order valence-electron chi connectivity index (χ1n) is 5.51. The molecule has 0 aromatic heterocycles. The third-order valence-electron chi connectivity index (χ3n) is 2.43. The maximum absolute atomic E-state index is 5.44. The van der Waals surface area contributed by atoms with Gasteiger partial charge in [-0.05, 0) is 12.8 Å². The average Bonchev–Trinajstić information content (AvgIpc) is 2.22. The summed E-state index contributed by atoms with van der Waals surface area (Å²) >= 11 is 0. The van der Waals surface area contributed by atoms with Crippen LogP contribution in [0.2, 0.25) is 0 Å². The highest BCUT2D eigenvalue weighted by atomic mass is 17.2. The molecule has 0 atom stereocenters. The van der Waals surface area contributed by atoms with Crippen molar-refractivity contribution in [2.45, 2.75) is 58.2 Å². The van der Waals surface area contributed by atoms with Crippen LogP contribution in [0.5, 0.6) is 0 Å². The van der Waals surface area contributed by atoms with E-state index in [-0.39, 0.29) is 0 Å². The fraction of sp³-hybridized carbons (Fsp3) is 1.00. The largest absolute Gasteiger partial charge is 0.351 e. The Morgan fingerprint density at radius 3 is 1.71 bits per heavy atom. The van der Waals surface area contributed by atoms with E-state index >= 15 is 0 Å². The van der Waals surface area contributed by atoms with E-state index in [4.69, 9.17) is 14.5 Å². The van der Waals surface area contributed by atoms with E-state index in [1.165, 1.54) is 7.11 Å². The summed E-state index contributed by atoms with van der Waals surface area (Å²) in [7, 11) is 3.22. The highest BCUT2D eigenvalue weighted by molar-refractivity contribution is 4.67. The zero-order chi connectivity index (χ0) is 10.9. The second-order valence-electron chi connectivity index (χ2n) is 3.57. The molecule has 0 unspecified atom stereocenters. The maximum atomic E-state index is 5.44. The van der Waals surface area contributed by atoms with Gasteiger partial charge in [-0.25, -0.2) is 9.78 Å². The van der Waals surface area contributed by atoms with Crippen LogP contribution in [0.15, 0.2) is 0 Å². The molecule has 14 heavy (non-hydrogen) atoms. The van der Waals surface area contributed by atoms with Crippen molar-refractivity contribution in [3.8, 4) is 0 Å². The molecule has 0 aliphatic carbocycles. The molecule has 0 bridgehead atoms. The molecule has 0 N–H and O–H groups in total. The Balaban J connectivity index is 4.11. The quantitative estimate of drug-likeness (QED) is 0.328. The zero-order valence-corrected chi connectivity index (χ0v) is 9.97. The molecule has 86 valence electrons. The lowest BCUT2D eigenvalue weighted by Crippen LogP contribution is -2.34. The van der Waals surface area contributed by atoms with Crippen LogP contribution < -0.4 is 0 Å². The Morgan fingerprint density at radius 1 is 0.929 bits per heavy atom. The first-order valence-corrected chi connectivity index (χ1v) is 5.51.